The molecule has 1 aromatic heterocycles. The zero-order chi connectivity index (χ0) is 16.3. The lowest BCUT2D eigenvalue weighted by molar-refractivity contribution is -0.116. The largest absolute Gasteiger partial charge is 0.478 e. The van der Waals surface area contributed by atoms with Gasteiger partial charge in [-0.15, -0.1) is 0 Å². The van der Waals surface area contributed by atoms with Crippen LogP contribution in [0.1, 0.15) is 15.9 Å². The molecule has 2 N–H and O–H groups in total. The average molecular weight is 365 g/mol. The molecule has 0 saturated carbocycles. The summed E-state index contributed by atoms with van der Waals surface area (Å²) in [6, 6.07) is 7.47. The van der Waals surface area contributed by atoms with Gasteiger partial charge in [-0.05, 0) is 58.7 Å². The Hall–Kier alpha value is -2.41. The number of aryl methyl sites for hydroxylation is 1. The lowest BCUT2D eigenvalue weighted by atomic mass is 10.2. The second-order valence-corrected chi connectivity index (χ2v) is 5.58. The van der Waals surface area contributed by atoms with E-state index in [9.17, 15) is 14.4 Å². The quantitative estimate of drug-likeness (QED) is 0.870. The highest BCUT2D eigenvalue weighted by molar-refractivity contribution is 9.10. The van der Waals surface area contributed by atoms with E-state index in [1.54, 1.807) is 12.3 Å². The van der Waals surface area contributed by atoms with Crippen molar-refractivity contribution in [2.75, 3.05) is 5.32 Å². The van der Waals surface area contributed by atoms with Crippen molar-refractivity contribution < 1.29 is 14.7 Å². The number of hydrogen-bond acceptors (Lipinski definition) is 3. The Labute approximate surface area is 134 Å². The highest BCUT2D eigenvalue weighted by Crippen LogP contribution is 2.10. The average Bonchev–Trinajstić information content (AvgIpc) is 2.44. The summed E-state index contributed by atoms with van der Waals surface area (Å²) in [7, 11) is 0. The first-order chi connectivity index (χ1) is 10.4. The van der Waals surface area contributed by atoms with E-state index in [0.717, 1.165) is 5.56 Å². The van der Waals surface area contributed by atoms with Gasteiger partial charge in [0.05, 0.1) is 10.0 Å². The highest BCUT2D eigenvalue weighted by Gasteiger charge is 2.08. The molecule has 0 unspecified atom stereocenters. The number of anilines is 1. The van der Waals surface area contributed by atoms with Gasteiger partial charge in [0.1, 0.15) is 6.54 Å². The van der Waals surface area contributed by atoms with Crippen LogP contribution >= 0.6 is 15.9 Å². The van der Waals surface area contributed by atoms with Gasteiger partial charge in [-0.2, -0.15) is 0 Å². The Morgan fingerprint density at radius 1 is 1.27 bits per heavy atom. The molecule has 0 atom stereocenters. The van der Waals surface area contributed by atoms with E-state index >= 15 is 0 Å². The van der Waals surface area contributed by atoms with Crippen LogP contribution in [0, 0.1) is 6.92 Å². The summed E-state index contributed by atoms with van der Waals surface area (Å²) in [4.78, 5) is 34.6. The Bertz CT molecular complexity index is 781. The number of nitrogens with zero attached hydrogens (tertiary/aromatic N) is 1. The second-order valence-electron chi connectivity index (χ2n) is 4.73. The molecule has 0 saturated heterocycles. The fraction of sp³-hybridized carbons (Fsp3) is 0.133. The lowest BCUT2D eigenvalue weighted by Gasteiger charge is -2.09. The summed E-state index contributed by atoms with van der Waals surface area (Å²) in [5.74, 6) is -1.41. The van der Waals surface area contributed by atoms with Crippen LogP contribution in [0.25, 0.3) is 0 Å². The molecule has 0 fully saturated rings. The van der Waals surface area contributed by atoms with Crippen molar-refractivity contribution >= 4 is 33.5 Å². The third-order valence-corrected chi connectivity index (χ3v) is 3.48. The molecule has 6 nitrogen and oxygen atoms in total. The Balaban J connectivity index is 2.10. The monoisotopic (exact) mass is 364 g/mol. The third kappa shape index (κ3) is 3.82. The Morgan fingerprint density at radius 2 is 1.91 bits per heavy atom. The van der Waals surface area contributed by atoms with E-state index in [2.05, 4.69) is 21.2 Å². The maximum Gasteiger partial charge on any atom is 0.335 e. The number of aromatic carboxylic acids is 1. The number of aromatic nitrogens is 1. The van der Waals surface area contributed by atoms with Gasteiger partial charge < -0.3 is 15.0 Å². The predicted molar refractivity (Wildman–Crippen MR) is 85.2 cm³/mol. The smallest absolute Gasteiger partial charge is 0.335 e. The van der Waals surface area contributed by atoms with Gasteiger partial charge in [-0.3, -0.25) is 9.59 Å². The fourth-order valence-electron chi connectivity index (χ4n) is 1.91. The summed E-state index contributed by atoms with van der Waals surface area (Å²) in [5, 5.41) is 11.4. The SMILES string of the molecule is Cc1cc(Br)c(=O)n(CC(=O)Nc2ccc(C(=O)O)cc2)c1. The second kappa shape index (κ2) is 6.57. The number of halogens is 1. The number of hydrogen-bond donors (Lipinski definition) is 2. The summed E-state index contributed by atoms with van der Waals surface area (Å²) in [5.41, 5.74) is 1.17. The number of benzene rings is 1. The molecule has 0 aliphatic rings. The molecule has 1 amide bonds. The molecule has 7 heteroatoms. The predicted octanol–water partition coefficient (Wildman–Crippen LogP) is 2.26. The molecule has 1 aromatic carbocycles. The van der Waals surface area contributed by atoms with Crippen molar-refractivity contribution in [3.8, 4) is 0 Å². The minimum absolute atomic E-state index is 0.125. The number of carbonyl (C=O) groups is 2. The van der Waals surface area contributed by atoms with Gasteiger partial charge in [0.25, 0.3) is 5.56 Å². The van der Waals surface area contributed by atoms with Gasteiger partial charge >= 0.3 is 5.97 Å². The molecule has 0 aliphatic heterocycles. The minimum atomic E-state index is -1.03. The number of carboxylic acids is 1. The maximum atomic E-state index is 12.0. The molecule has 0 bridgehead atoms. The number of rotatable bonds is 4. The zero-order valence-electron chi connectivity index (χ0n) is 11.7. The van der Waals surface area contributed by atoms with Gasteiger partial charge in [0.15, 0.2) is 0 Å². The van der Waals surface area contributed by atoms with Crippen molar-refractivity contribution in [3.05, 3.63) is 62.5 Å². The van der Waals surface area contributed by atoms with Crippen LogP contribution in [0.2, 0.25) is 0 Å². The standard InChI is InChI=1S/C15H13BrN2O4/c1-9-6-12(16)14(20)18(7-9)8-13(19)17-11-4-2-10(3-5-11)15(21)22/h2-7H,8H2,1H3,(H,17,19)(H,21,22). The van der Waals surface area contributed by atoms with Crippen molar-refractivity contribution in [1.82, 2.24) is 4.57 Å². The normalized spacial score (nSPS) is 10.3. The van der Waals surface area contributed by atoms with E-state index in [1.807, 2.05) is 6.92 Å². The van der Waals surface area contributed by atoms with E-state index in [0.29, 0.717) is 10.2 Å². The molecule has 0 spiro atoms. The minimum Gasteiger partial charge on any atom is -0.478 e. The summed E-state index contributed by atoms with van der Waals surface area (Å²) < 4.78 is 1.70. The van der Waals surface area contributed by atoms with Gasteiger partial charge in [-0.25, -0.2) is 4.79 Å². The fourth-order valence-corrected chi connectivity index (χ4v) is 2.50. The Morgan fingerprint density at radius 3 is 2.50 bits per heavy atom. The number of pyridine rings is 1. The molecule has 22 heavy (non-hydrogen) atoms. The first-order valence-electron chi connectivity index (χ1n) is 6.36. The number of amides is 1. The highest BCUT2D eigenvalue weighted by atomic mass is 79.9. The third-order valence-electron chi connectivity index (χ3n) is 2.91. The first kappa shape index (κ1) is 16.0. The number of nitrogens with one attached hydrogen (secondary N) is 1. The van der Waals surface area contributed by atoms with Crippen LogP contribution in [0.15, 0.2) is 45.8 Å². The van der Waals surface area contributed by atoms with Gasteiger partial charge in [-0.1, -0.05) is 0 Å². The first-order valence-corrected chi connectivity index (χ1v) is 7.16. The zero-order valence-corrected chi connectivity index (χ0v) is 13.3. The molecule has 2 rings (SSSR count). The lowest BCUT2D eigenvalue weighted by Crippen LogP contribution is -2.27. The van der Waals surface area contributed by atoms with Crippen LogP contribution in [-0.4, -0.2) is 21.6 Å². The van der Waals surface area contributed by atoms with E-state index in [1.165, 1.54) is 28.8 Å². The molecule has 1 heterocycles. The van der Waals surface area contributed by atoms with Crippen LogP contribution in [0.4, 0.5) is 5.69 Å². The van der Waals surface area contributed by atoms with Crippen LogP contribution < -0.4 is 10.9 Å². The molecule has 2 aromatic rings. The van der Waals surface area contributed by atoms with Crippen LogP contribution in [-0.2, 0) is 11.3 Å². The van der Waals surface area contributed by atoms with Crippen molar-refractivity contribution in [1.29, 1.82) is 0 Å². The number of carbonyl (C=O) groups excluding carboxylic acids is 1. The topological polar surface area (TPSA) is 88.4 Å². The molecule has 0 aliphatic carbocycles. The molecular formula is C15H13BrN2O4. The van der Waals surface area contributed by atoms with Gasteiger partial charge in [0, 0.05) is 11.9 Å². The summed E-state index contributed by atoms with van der Waals surface area (Å²) >= 11 is 3.15. The van der Waals surface area contributed by atoms with Gasteiger partial charge in [0.2, 0.25) is 5.91 Å². The Kier molecular flexibility index (Phi) is 4.77. The summed E-state index contributed by atoms with van der Waals surface area (Å²) in [6.45, 7) is 1.70. The van der Waals surface area contributed by atoms with Crippen LogP contribution in [0.3, 0.4) is 0 Å². The van der Waals surface area contributed by atoms with E-state index in [4.69, 9.17) is 5.11 Å². The maximum absolute atomic E-state index is 12.0. The van der Waals surface area contributed by atoms with Crippen LogP contribution in [0.5, 0.6) is 0 Å². The summed E-state index contributed by atoms with van der Waals surface area (Å²) in [6.07, 6.45) is 1.60. The van der Waals surface area contributed by atoms with Crippen molar-refractivity contribution in [2.45, 2.75) is 13.5 Å². The van der Waals surface area contributed by atoms with Crippen molar-refractivity contribution in [3.63, 3.8) is 0 Å². The molecular weight excluding hydrogens is 352 g/mol. The molecule has 114 valence electrons. The number of carboxylic acid groups (broad SMARTS) is 1. The van der Waals surface area contributed by atoms with Crippen molar-refractivity contribution in [2.24, 2.45) is 0 Å². The van der Waals surface area contributed by atoms with E-state index in [-0.39, 0.29) is 23.6 Å². The molecule has 0 radical (unpaired) electrons. The van der Waals surface area contributed by atoms with E-state index < -0.39 is 5.97 Å².